The molecule has 1 aromatic carbocycles. The number of hydrogen-bond acceptors (Lipinski definition) is 3. The lowest BCUT2D eigenvalue weighted by molar-refractivity contribution is 0.352. The van der Waals surface area contributed by atoms with Crippen LogP contribution in [0, 0.1) is 0 Å². The summed E-state index contributed by atoms with van der Waals surface area (Å²) in [5.41, 5.74) is 0. The minimum absolute atomic E-state index is 0.973. The number of benzene rings is 1. The van der Waals surface area contributed by atoms with E-state index >= 15 is 0 Å². The van der Waals surface area contributed by atoms with Crippen molar-refractivity contribution in [2.45, 2.75) is 12.8 Å². The summed E-state index contributed by atoms with van der Waals surface area (Å²) < 4.78 is 0. The smallest absolute Gasteiger partial charge is 0.133 e. The van der Waals surface area contributed by atoms with Gasteiger partial charge in [-0.3, -0.25) is 0 Å². The van der Waals surface area contributed by atoms with E-state index in [1.807, 2.05) is 6.20 Å². The molecule has 3 heteroatoms. The third kappa shape index (κ3) is 2.46. The molecule has 1 aliphatic heterocycles. The predicted octanol–water partition coefficient (Wildman–Crippen LogP) is 2.74. The SMILES string of the molecule is c1ccc2c(NCCN3CCCC3)nccc2c1. The normalized spacial score (nSPS) is 16.2. The van der Waals surface area contributed by atoms with Gasteiger partial charge in [0.05, 0.1) is 0 Å². The van der Waals surface area contributed by atoms with E-state index in [2.05, 4.69) is 45.5 Å². The fraction of sp³-hybridized carbons (Fsp3) is 0.400. The van der Waals surface area contributed by atoms with Crippen LogP contribution in [0.1, 0.15) is 12.8 Å². The maximum absolute atomic E-state index is 4.44. The minimum atomic E-state index is 0.973. The summed E-state index contributed by atoms with van der Waals surface area (Å²) in [7, 11) is 0. The Balaban J connectivity index is 1.66. The lowest BCUT2D eigenvalue weighted by atomic mass is 10.1. The van der Waals surface area contributed by atoms with Crippen LogP contribution >= 0.6 is 0 Å². The summed E-state index contributed by atoms with van der Waals surface area (Å²) in [5, 5.41) is 5.92. The molecule has 0 amide bonds. The fourth-order valence-electron chi connectivity index (χ4n) is 2.60. The summed E-state index contributed by atoms with van der Waals surface area (Å²) >= 11 is 0. The molecule has 3 nitrogen and oxygen atoms in total. The molecule has 3 rings (SSSR count). The molecule has 0 aliphatic carbocycles. The zero-order chi connectivity index (χ0) is 12.2. The van der Waals surface area contributed by atoms with Gasteiger partial charge in [0.25, 0.3) is 0 Å². The van der Waals surface area contributed by atoms with Crippen LogP contribution in [0.3, 0.4) is 0 Å². The zero-order valence-corrected chi connectivity index (χ0v) is 10.6. The Kier molecular flexibility index (Phi) is 3.42. The molecule has 0 unspecified atom stereocenters. The van der Waals surface area contributed by atoms with Crippen molar-refractivity contribution in [3.8, 4) is 0 Å². The summed E-state index contributed by atoms with van der Waals surface area (Å²) in [6.45, 7) is 4.60. The third-order valence-corrected chi connectivity index (χ3v) is 3.59. The van der Waals surface area contributed by atoms with Crippen LogP contribution in [0.25, 0.3) is 10.8 Å². The number of nitrogens with zero attached hydrogens (tertiary/aromatic N) is 2. The van der Waals surface area contributed by atoms with E-state index in [9.17, 15) is 0 Å². The maximum Gasteiger partial charge on any atom is 0.133 e. The number of nitrogens with one attached hydrogen (secondary N) is 1. The third-order valence-electron chi connectivity index (χ3n) is 3.59. The average molecular weight is 241 g/mol. The molecular weight excluding hydrogens is 222 g/mol. The molecule has 1 aliphatic rings. The molecule has 2 heterocycles. The van der Waals surface area contributed by atoms with Crippen molar-refractivity contribution in [3.63, 3.8) is 0 Å². The van der Waals surface area contributed by atoms with Gasteiger partial charge in [-0.1, -0.05) is 24.3 Å². The van der Waals surface area contributed by atoms with Crippen molar-refractivity contribution >= 4 is 16.6 Å². The highest BCUT2D eigenvalue weighted by Gasteiger charge is 2.10. The Morgan fingerprint density at radius 2 is 1.94 bits per heavy atom. The monoisotopic (exact) mass is 241 g/mol. The number of fused-ring (bicyclic) bond motifs is 1. The Morgan fingerprint density at radius 1 is 1.11 bits per heavy atom. The fourth-order valence-corrected chi connectivity index (χ4v) is 2.60. The highest BCUT2D eigenvalue weighted by Crippen LogP contribution is 2.20. The Morgan fingerprint density at radius 3 is 2.83 bits per heavy atom. The van der Waals surface area contributed by atoms with Gasteiger partial charge in [-0.2, -0.15) is 0 Å². The molecule has 1 N–H and O–H groups in total. The number of rotatable bonds is 4. The molecule has 0 spiro atoms. The van der Waals surface area contributed by atoms with Gasteiger partial charge in [0.15, 0.2) is 0 Å². The number of pyridine rings is 1. The number of aromatic nitrogens is 1. The molecular formula is C15H19N3. The van der Waals surface area contributed by atoms with E-state index in [1.165, 1.54) is 36.7 Å². The van der Waals surface area contributed by atoms with Crippen molar-refractivity contribution in [3.05, 3.63) is 36.5 Å². The second-order valence-corrected chi connectivity index (χ2v) is 4.86. The van der Waals surface area contributed by atoms with Gasteiger partial charge in [-0.25, -0.2) is 4.98 Å². The van der Waals surface area contributed by atoms with Crippen LogP contribution in [0.15, 0.2) is 36.5 Å². The molecule has 1 fully saturated rings. The molecule has 0 atom stereocenters. The van der Waals surface area contributed by atoms with Crippen molar-refractivity contribution in [1.29, 1.82) is 0 Å². The lowest BCUT2D eigenvalue weighted by Crippen LogP contribution is -2.26. The summed E-state index contributed by atoms with van der Waals surface area (Å²) in [5.74, 6) is 1.01. The molecule has 1 aromatic heterocycles. The van der Waals surface area contributed by atoms with Gasteiger partial charge >= 0.3 is 0 Å². The molecule has 18 heavy (non-hydrogen) atoms. The zero-order valence-electron chi connectivity index (χ0n) is 10.6. The van der Waals surface area contributed by atoms with Crippen molar-refractivity contribution in [2.24, 2.45) is 0 Å². The first-order valence-corrected chi connectivity index (χ1v) is 6.73. The van der Waals surface area contributed by atoms with Gasteiger partial charge in [0, 0.05) is 24.7 Å². The largest absolute Gasteiger partial charge is 0.368 e. The second kappa shape index (κ2) is 5.36. The second-order valence-electron chi connectivity index (χ2n) is 4.86. The predicted molar refractivity (Wildman–Crippen MR) is 75.9 cm³/mol. The number of hydrogen-bond donors (Lipinski definition) is 1. The minimum Gasteiger partial charge on any atom is -0.368 e. The summed E-state index contributed by atoms with van der Waals surface area (Å²) in [4.78, 5) is 6.95. The molecule has 0 saturated carbocycles. The van der Waals surface area contributed by atoms with Gasteiger partial charge in [0.2, 0.25) is 0 Å². The first kappa shape index (κ1) is 11.5. The van der Waals surface area contributed by atoms with Crippen LogP contribution in [0.4, 0.5) is 5.82 Å². The topological polar surface area (TPSA) is 28.2 Å². The first-order valence-electron chi connectivity index (χ1n) is 6.73. The molecule has 0 radical (unpaired) electrons. The van der Waals surface area contributed by atoms with E-state index in [1.54, 1.807) is 0 Å². The van der Waals surface area contributed by atoms with Gasteiger partial charge in [-0.15, -0.1) is 0 Å². The van der Waals surface area contributed by atoms with Gasteiger partial charge in [0.1, 0.15) is 5.82 Å². The van der Waals surface area contributed by atoms with Crippen molar-refractivity contribution in [2.75, 3.05) is 31.5 Å². The number of anilines is 1. The molecule has 94 valence electrons. The Labute approximate surface area is 108 Å². The van der Waals surface area contributed by atoms with E-state index in [0.717, 1.165) is 18.9 Å². The lowest BCUT2D eigenvalue weighted by Gasteiger charge is -2.15. The van der Waals surface area contributed by atoms with Crippen LogP contribution in [-0.4, -0.2) is 36.1 Å². The quantitative estimate of drug-likeness (QED) is 0.892. The van der Waals surface area contributed by atoms with E-state index in [-0.39, 0.29) is 0 Å². The van der Waals surface area contributed by atoms with Crippen molar-refractivity contribution in [1.82, 2.24) is 9.88 Å². The first-order chi connectivity index (χ1) is 8.93. The van der Waals surface area contributed by atoms with Crippen LogP contribution < -0.4 is 5.32 Å². The number of likely N-dealkylation sites (tertiary alicyclic amines) is 1. The Bertz CT molecular complexity index is 513. The average Bonchev–Trinajstić information content (AvgIpc) is 2.92. The van der Waals surface area contributed by atoms with Crippen LogP contribution in [-0.2, 0) is 0 Å². The van der Waals surface area contributed by atoms with Crippen LogP contribution in [0.5, 0.6) is 0 Å². The Hall–Kier alpha value is -1.61. The molecule has 0 bridgehead atoms. The van der Waals surface area contributed by atoms with Gasteiger partial charge < -0.3 is 10.2 Å². The van der Waals surface area contributed by atoms with Gasteiger partial charge in [-0.05, 0) is 37.4 Å². The van der Waals surface area contributed by atoms with Crippen molar-refractivity contribution < 1.29 is 0 Å². The van der Waals surface area contributed by atoms with Crippen LogP contribution in [0.2, 0.25) is 0 Å². The van der Waals surface area contributed by atoms with E-state index in [0.29, 0.717) is 0 Å². The van der Waals surface area contributed by atoms with E-state index < -0.39 is 0 Å². The standard InChI is InChI=1S/C15H19N3/c1-2-6-14-13(5-1)7-8-16-15(14)17-9-12-18-10-3-4-11-18/h1-2,5-8H,3-4,9-12H2,(H,16,17). The maximum atomic E-state index is 4.44. The highest BCUT2D eigenvalue weighted by molar-refractivity contribution is 5.91. The molecule has 2 aromatic rings. The molecule has 1 saturated heterocycles. The highest BCUT2D eigenvalue weighted by atomic mass is 15.2. The summed E-state index contributed by atoms with van der Waals surface area (Å²) in [6.07, 6.45) is 4.58. The summed E-state index contributed by atoms with van der Waals surface area (Å²) in [6, 6.07) is 10.4. The van der Waals surface area contributed by atoms with E-state index in [4.69, 9.17) is 0 Å².